The number of benzene rings is 1. The van der Waals surface area contributed by atoms with E-state index in [0.29, 0.717) is 0 Å². The number of rotatable bonds is 1. The van der Waals surface area contributed by atoms with Gasteiger partial charge in [0.15, 0.2) is 0 Å². The minimum absolute atomic E-state index is 0.218. The molecule has 1 aromatic rings. The quantitative estimate of drug-likeness (QED) is 0.785. The lowest BCUT2D eigenvalue weighted by Crippen LogP contribution is -2.59. The van der Waals surface area contributed by atoms with Crippen molar-refractivity contribution < 1.29 is 28.0 Å². The van der Waals surface area contributed by atoms with Crippen LogP contribution in [0.1, 0.15) is 66.3 Å². The highest BCUT2D eigenvalue weighted by atomic mass is 16.5. The summed E-state index contributed by atoms with van der Waals surface area (Å²) in [5, 5.41) is 0. The van der Waals surface area contributed by atoms with E-state index in [1.54, 1.807) is 0 Å². The van der Waals surface area contributed by atoms with Gasteiger partial charge in [0.1, 0.15) is 5.75 Å². The molecule has 0 N–H and O–H groups in total. The van der Waals surface area contributed by atoms with Crippen molar-refractivity contribution in [2.24, 2.45) is 5.89 Å². The topological polar surface area (TPSA) is 12.5 Å². The predicted octanol–water partition coefficient (Wildman–Crippen LogP) is 3.38. The summed E-state index contributed by atoms with van der Waals surface area (Å²) < 4.78 is 149. The monoisotopic (exact) mass is 288 g/mol. The van der Waals surface area contributed by atoms with Gasteiger partial charge in [-0.1, -0.05) is 18.8 Å². The Morgan fingerprint density at radius 2 is 2.50 bits per heavy atom. The second kappa shape index (κ2) is 4.49. The first-order valence-corrected chi connectivity index (χ1v) is 6.36. The number of hydrogen-bond acceptors (Lipinski definition) is 2. The molecule has 108 valence electrons. The molecule has 0 aromatic heterocycles. The summed E-state index contributed by atoms with van der Waals surface area (Å²) in [5.41, 5.74) is -4.40. The Kier molecular flexibility index (Phi) is 0.907. The van der Waals surface area contributed by atoms with Gasteiger partial charge in [0, 0.05) is 26.5 Å². The lowest BCUT2D eigenvalue weighted by atomic mass is 9.52. The van der Waals surface area contributed by atoms with Crippen LogP contribution in [0.3, 0.4) is 0 Å². The summed E-state index contributed by atoms with van der Waals surface area (Å²) in [5.74, 6) is -4.18. The van der Waals surface area contributed by atoms with E-state index < -0.39 is 97.7 Å². The fourth-order valence-corrected chi connectivity index (χ4v) is 3.11. The van der Waals surface area contributed by atoms with Crippen molar-refractivity contribution in [3.8, 4) is 5.75 Å². The Hall–Kier alpha value is -1.02. The van der Waals surface area contributed by atoms with Crippen LogP contribution in [0.4, 0.5) is 0 Å². The van der Waals surface area contributed by atoms with Gasteiger partial charge in [-0.05, 0) is 68.2 Å². The fourth-order valence-electron chi connectivity index (χ4n) is 3.11. The van der Waals surface area contributed by atoms with Crippen molar-refractivity contribution in [2.45, 2.75) is 49.7 Å². The highest BCUT2D eigenvalue weighted by Crippen LogP contribution is 2.55. The maximum absolute atomic E-state index is 9.52. The standard InChI is InChI=1S/C18H25NO/c1-19-10-9-18-8-4-3-5-15(18)17(19)11-13-6-7-14(20-2)12-16(13)18/h6-7,12,15,17H,3-5,8-11H2,1-2H3/t15-,17?,18+/m1/s1/i2D3,3D2,4D2,5D2,6D,7D,8D2,11D2,12D,15D. The summed E-state index contributed by atoms with van der Waals surface area (Å²) in [6.45, 7) is -0.218. The number of likely N-dealkylation sites (N-methyl/N-ethyl adjacent to an activating group) is 1. The molecule has 3 atom stereocenters. The molecule has 1 unspecified atom stereocenters. The molecule has 0 radical (unpaired) electrons. The van der Waals surface area contributed by atoms with Crippen LogP contribution < -0.4 is 4.74 Å². The average Bonchev–Trinajstić information content (AvgIpc) is 2.71. The van der Waals surface area contributed by atoms with E-state index in [9.17, 15) is 1.37 Å². The van der Waals surface area contributed by atoms with E-state index in [0.717, 1.165) is 0 Å². The molecular formula is C18H25NO. The zero-order valence-electron chi connectivity index (χ0n) is 27.8. The molecule has 1 heterocycles. The summed E-state index contributed by atoms with van der Waals surface area (Å²) in [7, 11) is -1.94. The van der Waals surface area contributed by atoms with E-state index in [2.05, 4.69) is 0 Å². The largest absolute Gasteiger partial charge is 0.497 e. The summed E-state index contributed by atoms with van der Waals surface area (Å²) in [6.07, 6.45) is -17.9. The molecule has 2 fully saturated rings. The SMILES string of the molecule is [2H]c1c([2H])c2c(c([2H])c1OC([2H])([2H])[2H])[C@@]13CCN(C)C(C2([2H])[2H])[C@@]1([2H])C([2H])([2H])C([2H])([2H])C([2H])([2H])C3([2H])[2H]. The Balaban J connectivity index is 2.33. The van der Waals surface area contributed by atoms with Crippen molar-refractivity contribution in [1.29, 1.82) is 0 Å². The van der Waals surface area contributed by atoms with Gasteiger partial charge in [-0.15, -0.1) is 0 Å². The minimum atomic E-state index is -3.67. The number of methoxy groups -OCH3 is 1. The summed E-state index contributed by atoms with van der Waals surface area (Å²) in [4.78, 5) is 1.19. The highest BCUT2D eigenvalue weighted by molar-refractivity contribution is 5.45. The number of nitrogens with zero attached hydrogens (tertiary/aromatic N) is 1. The molecule has 0 spiro atoms. The zero-order valence-corrected chi connectivity index (χ0v) is 10.8. The molecule has 4 rings (SSSR count). The molecule has 2 nitrogen and oxygen atoms in total. The Labute approximate surface area is 146 Å². The lowest BCUT2D eigenvalue weighted by molar-refractivity contribution is 0.00274. The molecule has 2 aliphatic carbocycles. The number of piperidine rings is 1. The van der Waals surface area contributed by atoms with Gasteiger partial charge >= 0.3 is 0 Å². The van der Waals surface area contributed by atoms with Crippen LogP contribution in [-0.4, -0.2) is 31.6 Å². The van der Waals surface area contributed by atoms with Crippen LogP contribution in [0, 0.1) is 5.89 Å². The van der Waals surface area contributed by atoms with E-state index in [-0.39, 0.29) is 6.54 Å². The van der Waals surface area contributed by atoms with Gasteiger partial charge in [0.2, 0.25) is 0 Å². The molecule has 0 amide bonds. The second-order valence-corrected chi connectivity index (χ2v) is 5.15. The van der Waals surface area contributed by atoms with Crippen LogP contribution >= 0.6 is 0 Å². The predicted molar refractivity (Wildman–Crippen MR) is 81.4 cm³/mol. The lowest BCUT2D eigenvalue weighted by Gasteiger charge is -2.58. The third kappa shape index (κ3) is 1.60. The minimum Gasteiger partial charge on any atom is -0.497 e. The zero-order chi connectivity index (χ0) is 28.7. The first kappa shape index (κ1) is 4.04. The van der Waals surface area contributed by atoms with Crippen LogP contribution in [0.5, 0.6) is 5.75 Å². The third-order valence-electron chi connectivity index (χ3n) is 4.15. The molecule has 1 aliphatic heterocycles. The molecule has 3 aliphatic rings. The number of ether oxygens (including phenoxy) is 1. The van der Waals surface area contributed by atoms with Gasteiger partial charge in [0.05, 0.1) is 15.3 Å². The van der Waals surface area contributed by atoms with E-state index in [1.165, 1.54) is 11.9 Å². The Morgan fingerprint density at radius 1 is 1.55 bits per heavy atom. The van der Waals surface area contributed by atoms with E-state index in [4.69, 9.17) is 26.7 Å². The molecule has 1 saturated heterocycles. The maximum Gasteiger partial charge on any atom is 0.119 e. The first-order chi connectivity index (χ1) is 16.3. The van der Waals surface area contributed by atoms with Crippen molar-refractivity contribution in [2.75, 3.05) is 20.6 Å². The fraction of sp³-hybridized carbons (Fsp3) is 0.667. The normalized spacial score (nSPS) is 65.5. The summed E-state index contributed by atoms with van der Waals surface area (Å²) in [6, 6.07) is -5.01. The van der Waals surface area contributed by atoms with Gasteiger partial charge in [-0.2, -0.15) is 0 Å². The van der Waals surface area contributed by atoms with Crippen LogP contribution in [-0.2, 0) is 11.8 Å². The van der Waals surface area contributed by atoms with E-state index >= 15 is 0 Å². The van der Waals surface area contributed by atoms with Crippen LogP contribution in [0.25, 0.3) is 0 Å². The first-order valence-electron chi connectivity index (χ1n) is 14.9. The van der Waals surface area contributed by atoms with Crippen LogP contribution in [0.15, 0.2) is 18.1 Å². The highest BCUT2D eigenvalue weighted by Gasteiger charge is 2.53. The molecule has 1 saturated carbocycles. The smallest absolute Gasteiger partial charge is 0.119 e. The second-order valence-electron chi connectivity index (χ2n) is 5.15. The van der Waals surface area contributed by atoms with Gasteiger partial charge in [-0.3, -0.25) is 0 Å². The van der Waals surface area contributed by atoms with Crippen molar-refractivity contribution in [3.63, 3.8) is 0 Å². The van der Waals surface area contributed by atoms with Crippen molar-refractivity contribution in [1.82, 2.24) is 4.90 Å². The third-order valence-corrected chi connectivity index (χ3v) is 4.15. The van der Waals surface area contributed by atoms with Crippen LogP contribution in [0.2, 0.25) is 0 Å². The summed E-state index contributed by atoms with van der Waals surface area (Å²) >= 11 is 0. The number of likely N-dealkylation sites (tertiary alicyclic amines) is 1. The average molecular weight is 289 g/mol. The Bertz CT molecular complexity index is 1180. The van der Waals surface area contributed by atoms with Crippen molar-refractivity contribution >= 4 is 0 Å². The van der Waals surface area contributed by atoms with Gasteiger partial charge in [-0.25, -0.2) is 0 Å². The maximum atomic E-state index is 9.52. The Morgan fingerprint density at radius 3 is 3.40 bits per heavy atom. The molecule has 2 bridgehead atoms. The molecule has 1 aromatic carbocycles. The number of fused-ring (bicyclic) bond motifs is 1. The number of hydrogen-bond donors (Lipinski definition) is 0. The molecular weight excluding hydrogens is 246 g/mol. The molecule has 20 heavy (non-hydrogen) atoms. The van der Waals surface area contributed by atoms with Gasteiger partial charge in [0.25, 0.3) is 0 Å². The van der Waals surface area contributed by atoms with Gasteiger partial charge < -0.3 is 9.64 Å². The van der Waals surface area contributed by atoms with Crippen molar-refractivity contribution in [3.05, 3.63) is 29.3 Å². The van der Waals surface area contributed by atoms with E-state index in [1.807, 2.05) is 0 Å². The molecule has 2 heteroatoms.